The number of rotatable bonds is 5. The van der Waals surface area contributed by atoms with Crippen LogP contribution in [0.3, 0.4) is 0 Å². The zero-order valence-electron chi connectivity index (χ0n) is 12.3. The fourth-order valence-corrected chi connectivity index (χ4v) is 2.27. The highest BCUT2D eigenvalue weighted by Gasteiger charge is 2.24. The summed E-state index contributed by atoms with van der Waals surface area (Å²) < 4.78 is 0. The largest absolute Gasteiger partial charge is 0.389 e. The molecule has 106 valence electrons. The third kappa shape index (κ3) is 5.83. The maximum absolute atomic E-state index is 12.0. The van der Waals surface area contributed by atoms with Crippen LogP contribution in [0.1, 0.15) is 40.5 Å². The van der Waals surface area contributed by atoms with E-state index in [1.54, 1.807) is 0 Å². The molecule has 1 amide bonds. The highest BCUT2D eigenvalue weighted by atomic mass is 16.3. The van der Waals surface area contributed by atoms with Crippen LogP contribution in [0.15, 0.2) is 0 Å². The van der Waals surface area contributed by atoms with E-state index in [0.29, 0.717) is 18.9 Å². The summed E-state index contributed by atoms with van der Waals surface area (Å²) in [5.41, 5.74) is -0.649. The summed E-state index contributed by atoms with van der Waals surface area (Å²) in [6.45, 7) is 12.0. The third-order valence-corrected chi connectivity index (χ3v) is 3.27. The van der Waals surface area contributed by atoms with Crippen molar-refractivity contribution in [2.75, 3.05) is 32.7 Å². The van der Waals surface area contributed by atoms with Gasteiger partial charge in [-0.15, -0.1) is 0 Å². The molecule has 0 aromatic carbocycles. The van der Waals surface area contributed by atoms with E-state index in [4.69, 9.17) is 0 Å². The normalized spacial score (nSPS) is 18.4. The van der Waals surface area contributed by atoms with Crippen molar-refractivity contribution in [1.29, 1.82) is 0 Å². The second-order valence-electron chi connectivity index (χ2n) is 6.40. The summed E-state index contributed by atoms with van der Waals surface area (Å²) in [6, 6.07) is 0. The molecule has 18 heavy (non-hydrogen) atoms. The van der Waals surface area contributed by atoms with Gasteiger partial charge in [0.2, 0.25) is 5.91 Å². The van der Waals surface area contributed by atoms with Gasteiger partial charge >= 0.3 is 0 Å². The number of β-amino-alcohol motifs (C(OH)–C–C–N with tert-alkyl or cyclic N) is 1. The van der Waals surface area contributed by atoms with Crippen LogP contribution in [-0.4, -0.2) is 59.1 Å². The minimum atomic E-state index is -0.649. The average Bonchev–Trinajstić information content (AvgIpc) is 2.24. The lowest BCUT2D eigenvalue weighted by atomic mass is 10.1. The highest BCUT2D eigenvalue weighted by molar-refractivity contribution is 5.76. The Morgan fingerprint density at radius 2 is 1.78 bits per heavy atom. The maximum Gasteiger partial charge on any atom is 0.222 e. The lowest BCUT2D eigenvalue weighted by molar-refractivity contribution is -0.133. The Labute approximate surface area is 111 Å². The maximum atomic E-state index is 12.0. The average molecular weight is 256 g/mol. The molecule has 4 heteroatoms. The molecular formula is C14H28N2O2. The standard InChI is InChI=1S/C14H28N2O2/c1-12(2)5-6-13(17)16-9-7-15(8-10-16)11-14(3,4)18/h12,18H,5-11H2,1-4H3. The molecule has 1 heterocycles. The predicted octanol–water partition coefficient (Wildman–Crippen LogP) is 1.34. The number of amides is 1. The molecule has 0 atom stereocenters. The SMILES string of the molecule is CC(C)CCC(=O)N1CCN(CC(C)(C)O)CC1. The Balaban J connectivity index is 2.28. The van der Waals surface area contributed by atoms with E-state index in [0.717, 1.165) is 32.6 Å². The Kier molecular flexibility index (Phi) is 5.60. The summed E-state index contributed by atoms with van der Waals surface area (Å²) in [6.07, 6.45) is 1.64. The first-order chi connectivity index (χ1) is 8.28. The molecular weight excluding hydrogens is 228 g/mol. The summed E-state index contributed by atoms with van der Waals surface area (Å²) in [4.78, 5) is 16.1. The first-order valence-corrected chi connectivity index (χ1v) is 7.00. The number of nitrogens with zero attached hydrogens (tertiary/aromatic N) is 2. The fraction of sp³-hybridized carbons (Fsp3) is 0.929. The highest BCUT2D eigenvalue weighted by Crippen LogP contribution is 2.11. The van der Waals surface area contributed by atoms with Crippen molar-refractivity contribution in [1.82, 2.24) is 9.80 Å². The van der Waals surface area contributed by atoms with Crippen molar-refractivity contribution in [3.63, 3.8) is 0 Å². The van der Waals surface area contributed by atoms with Crippen molar-refractivity contribution >= 4 is 5.91 Å². The van der Waals surface area contributed by atoms with Crippen LogP contribution < -0.4 is 0 Å². The lowest BCUT2D eigenvalue weighted by Gasteiger charge is -2.37. The molecule has 0 aromatic heterocycles. The van der Waals surface area contributed by atoms with Gasteiger partial charge in [0.05, 0.1) is 5.60 Å². The van der Waals surface area contributed by atoms with Crippen LogP contribution in [0.25, 0.3) is 0 Å². The molecule has 0 aliphatic carbocycles. The van der Waals surface area contributed by atoms with Gasteiger partial charge in [-0.05, 0) is 26.2 Å². The number of hydrogen-bond donors (Lipinski definition) is 1. The fourth-order valence-electron chi connectivity index (χ4n) is 2.27. The van der Waals surface area contributed by atoms with Crippen LogP contribution in [0.2, 0.25) is 0 Å². The van der Waals surface area contributed by atoms with Crippen LogP contribution >= 0.6 is 0 Å². The minimum Gasteiger partial charge on any atom is -0.389 e. The summed E-state index contributed by atoms with van der Waals surface area (Å²) in [5, 5.41) is 9.77. The quantitative estimate of drug-likeness (QED) is 0.807. The minimum absolute atomic E-state index is 0.284. The Hall–Kier alpha value is -0.610. The van der Waals surface area contributed by atoms with Crippen molar-refractivity contribution in [3.8, 4) is 0 Å². The molecule has 1 rings (SSSR count). The predicted molar refractivity (Wildman–Crippen MR) is 73.4 cm³/mol. The first-order valence-electron chi connectivity index (χ1n) is 7.00. The topological polar surface area (TPSA) is 43.8 Å². The van der Waals surface area contributed by atoms with Gasteiger partial charge in [0.1, 0.15) is 0 Å². The van der Waals surface area contributed by atoms with Gasteiger partial charge in [0, 0.05) is 39.1 Å². The van der Waals surface area contributed by atoms with Gasteiger partial charge in [-0.3, -0.25) is 9.69 Å². The van der Waals surface area contributed by atoms with Gasteiger partial charge in [0.25, 0.3) is 0 Å². The van der Waals surface area contributed by atoms with Crippen molar-refractivity contribution in [2.24, 2.45) is 5.92 Å². The number of carbonyl (C=O) groups excluding carboxylic acids is 1. The molecule has 1 aliphatic heterocycles. The van der Waals surface area contributed by atoms with E-state index in [1.807, 2.05) is 18.7 Å². The zero-order valence-corrected chi connectivity index (χ0v) is 12.3. The zero-order chi connectivity index (χ0) is 13.8. The second kappa shape index (κ2) is 6.53. The number of carbonyl (C=O) groups is 1. The second-order valence-corrected chi connectivity index (χ2v) is 6.40. The molecule has 1 saturated heterocycles. The van der Waals surface area contributed by atoms with E-state index in [2.05, 4.69) is 18.7 Å². The Morgan fingerprint density at radius 3 is 2.22 bits per heavy atom. The van der Waals surface area contributed by atoms with Gasteiger partial charge in [-0.2, -0.15) is 0 Å². The Bertz CT molecular complexity index is 263. The summed E-state index contributed by atoms with van der Waals surface area (Å²) in [7, 11) is 0. The molecule has 0 unspecified atom stereocenters. The van der Waals surface area contributed by atoms with Gasteiger partial charge < -0.3 is 10.0 Å². The molecule has 0 radical (unpaired) electrons. The van der Waals surface area contributed by atoms with E-state index in [-0.39, 0.29) is 5.91 Å². The monoisotopic (exact) mass is 256 g/mol. The molecule has 1 fully saturated rings. The van der Waals surface area contributed by atoms with Crippen molar-refractivity contribution in [2.45, 2.75) is 46.1 Å². The van der Waals surface area contributed by atoms with E-state index in [9.17, 15) is 9.90 Å². The van der Waals surface area contributed by atoms with Gasteiger partial charge in [-0.1, -0.05) is 13.8 Å². The summed E-state index contributed by atoms with van der Waals surface area (Å²) in [5.74, 6) is 0.872. The summed E-state index contributed by atoms with van der Waals surface area (Å²) >= 11 is 0. The van der Waals surface area contributed by atoms with Crippen LogP contribution in [0.4, 0.5) is 0 Å². The van der Waals surface area contributed by atoms with Gasteiger partial charge in [0.15, 0.2) is 0 Å². The molecule has 1 aliphatic rings. The van der Waals surface area contributed by atoms with E-state index >= 15 is 0 Å². The van der Waals surface area contributed by atoms with E-state index < -0.39 is 5.60 Å². The first kappa shape index (κ1) is 15.4. The molecule has 0 aromatic rings. The van der Waals surface area contributed by atoms with Crippen molar-refractivity contribution in [3.05, 3.63) is 0 Å². The van der Waals surface area contributed by atoms with Crippen molar-refractivity contribution < 1.29 is 9.90 Å². The smallest absolute Gasteiger partial charge is 0.222 e. The molecule has 0 saturated carbocycles. The molecule has 0 spiro atoms. The van der Waals surface area contributed by atoms with Gasteiger partial charge in [-0.25, -0.2) is 0 Å². The molecule has 0 bridgehead atoms. The Morgan fingerprint density at radius 1 is 1.22 bits per heavy atom. The molecule has 4 nitrogen and oxygen atoms in total. The van der Waals surface area contributed by atoms with Crippen LogP contribution in [0, 0.1) is 5.92 Å². The number of piperazine rings is 1. The van der Waals surface area contributed by atoms with Crippen LogP contribution in [0.5, 0.6) is 0 Å². The van der Waals surface area contributed by atoms with E-state index in [1.165, 1.54) is 0 Å². The number of aliphatic hydroxyl groups is 1. The number of hydrogen-bond acceptors (Lipinski definition) is 3. The molecule has 1 N–H and O–H groups in total. The van der Waals surface area contributed by atoms with Crippen LogP contribution in [-0.2, 0) is 4.79 Å². The lowest BCUT2D eigenvalue weighted by Crippen LogP contribution is -2.51. The third-order valence-electron chi connectivity index (χ3n) is 3.27.